The molecule has 0 unspecified atom stereocenters. The largest absolute Gasteiger partial charge is 0.398 e. The molecule has 0 aromatic heterocycles. The molecular weight excluding hydrogens is 238 g/mol. The van der Waals surface area contributed by atoms with Crippen molar-refractivity contribution >= 4 is 11.6 Å². The molecule has 104 valence electrons. The Hall–Kier alpha value is -1.55. The van der Waals surface area contributed by atoms with Crippen molar-refractivity contribution in [3.63, 3.8) is 0 Å². The number of hydrogen-bond donors (Lipinski definition) is 1. The lowest BCUT2D eigenvalue weighted by Gasteiger charge is -2.22. The molecule has 4 heteroatoms. The third-order valence-corrected chi connectivity index (χ3v) is 3.85. The molecule has 0 atom stereocenters. The minimum atomic E-state index is 0.111. The second kappa shape index (κ2) is 5.61. The van der Waals surface area contributed by atoms with E-state index in [9.17, 15) is 4.79 Å². The lowest BCUT2D eigenvalue weighted by molar-refractivity contribution is 0.0762. The van der Waals surface area contributed by atoms with Crippen molar-refractivity contribution in [2.45, 2.75) is 20.3 Å². The van der Waals surface area contributed by atoms with E-state index in [4.69, 9.17) is 5.73 Å². The first-order chi connectivity index (χ1) is 8.99. The number of likely N-dealkylation sites (N-methyl/N-ethyl adjacent to an activating group) is 1. The van der Waals surface area contributed by atoms with E-state index < -0.39 is 0 Å². The van der Waals surface area contributed by atoms with Crippen LogP contribution in [0.2, 0.25) is 0 Å². The average molecular weight is 261 g/mol. The van der Waals surface area contributed by atoms with Gasteiger partial charge in [-0.05, 0) is 51.1 Å². The van der Waals surface area contributed by atoms with Crippen molar-refractivity contribution < 1.29 is 4.79 Å². The van der Waals surface area contributed by atoms with Gasteiger partial charge >= 0.3 is 0 Å². The van der Waals surface area contributed by atoms with E-state index in [2.05, 4.69) is 11.9 Å². The maximum Gasteiger partial charge on any atom is 0.254 e. The Morgan fingerprint density at radius 1 is 1.11 bits per heavy atom. The maximum atomic E-state index is 12.6. The van der Waals surface area contributed by atoms with Crippen LogP contribution >= 0.6 is 0 Å². The third kappa shape index (κ3) is 3.07. The summed E-state index contributed by atoms with van der Waals surface area (Å²) in [5.41, 5.74) is 9.41. The number of amides is 1. The van der Waals surface area contributed by atoms with Crippen LogP contribution in [-0.2, 0) is 0 Å². The topological polar surface area (TPSA) is 49.6 Å². The number of rotatable bonds is 1. The summed E-state index contributed by atoms with van der Waals surface area (Å²) in [6.45, 7) is 7.56. The molecule has 0 bridgehead atoms. The first-order valence-electron chi connectivity index (χ1n) is 6.83. The smallest absolute Gasteiger partial charge is 0.254 e. The van der Waals surface area contributed by atoms with E-state index in [0.717, 1.165) is 49.3 Å². The Labute approximate surface area is 115 Å². The van der Waals surface area contributed by atoms with E-state index in [0.29, 0.717) is 5.69 Å². The van der Waals surface area contributed by atoms with Gasteiger partial charge in [0.1, 0.15) is 0 Å². The predicted octanol–water partition coefficient (Wildman–Crippen LogP) is 1.66. The van der Waals surface area contributed by atoms with E-state index in [1.54, 1.807) is 0 Å². The summed E-state index contributed by atoms with van der Waals surface area (Å²) in [6.07, 6.45) is 1.03. The normalized spacial score (nSPS) is 17.3. The quantitative estimate of drug-likeness (QED) is 0.782. The molecule has 0 aliphatic carbocycles. The SMILES string of the molecule is Cc1cc(C)c(C(=O)N2CCCN(C)CC2)cc1N. The Kier molecular flexibility index (Phi) is 4.10. The van der Waals surface area contributed by atoms with Crippen molar-refractivity contribution in [2.24, 2.45) is 0 Å². The van der Waals surface area contributed by atoms with Crippen LogP contribution in [0.1, 0.15) is 27.9 Å². The second-order valence-electron chi connectivity index (χ2n) is 5.47. The highest BCUT2D eigenvalue weighted by Crippen LogP contribution is 2.20. The van der Waals surface area contributed by atoms with Crippen LogP contribution < -0.4 is 5.73 Å². The minimum absolute atomic E-state index is 0.111. The molecule has 1 aliphatic heterocycles. The molecule has 1 heterocycles. The summed E-state index contributed by atoms with van der Waals surface area (Å²) in [7, 11) is 2.10. The number of carbonyl (C=O) groups excluding carboxylic acids is 1. The van der Waals surface area contributed by atoms with Gasteiger partial charge in [0.2, 0.25) is 0 Å². The monoisotopic (exact) mass is 261 g/mol. The van der Waals surface area contributed by atoms with Gasteiger partial charge in [-0.3, -0.25) is 4.79 Å². The lowest BCUT2D eigenvalue weighted by atomic mass is 10.0. The van der Waals surface area contributed by atoms with E-state index >= 15 is 0 Å². The molecule has 1 saturated heterocycles. The van der Waals surface area contributed by atoms with Crippen LogP contribution in [0.3, 0.4) is 0 Å². The number of benzene rings is 1. The number of anilines is 1. The van der Waals surface area contributed by atoms with Crippen LogP contribution in [0.4, 0.5) is 5.69 Å². The lowest BCUT2D eigenvalue weighted by Crippen LogP contribution is -2.34. The van der Waals surface area contributed by atoms with Crippen LogP contribution in [0.15, 0.2) is 12.1 Å². The summed E-state index contributed by atoms with van der Waals surface area (Å²) in [4.78, 5) is 16.8. The zero-order chi connectivity index (χ0) is 14.0. The number of nitrogens with two attached hydrogens (primary N) is 1. The standard InChI is InChI=1S/C15H23N3O/c1-11-9-12(2)14(16)10-13(11)15(19)18-6-4-5-17(3)7-8-18/h9-10H,4-8,16H2,1-3H3. The van der Waals surface area contributed by atoms with Gasteiger partial charge in [-0.25, -0.2) is 0 Å². The van der Waals surface area contributed by atoms with Crippen LogP contribution in [0.5, 0.6) is 0 Å². The molecule has 19 heavy (non-hydrogen) atoms. The fourth-order valence-corrected chi connectivity index (χ4v) is 2.52. The van der Waals surface area contributed by atoms with Gasteiger partial charge in [-0.15, -0.1) is 0 Å². The maximum absolute atomic E-state index is 12.6. The Bertz CT molecular complexity index is 485. The van der Waals surface area contributed by atoms with Crippen LogP contribution in [-0.4, -0.2) is 48.9 Å². The molecule has 0 saturated carbocycles. The van der Waals surface area contributed by atoms with Gasteiger partial charge in [0.15, 0.2) is 0 Å². The first-order valence-corrected chi connectivity index (χ1v) is 6.83. The molecule has 0 radical (unpaired) electrons. The van der Waals surface area contributed by atoms with Crippen molar-refractivity contribution in [3.05, 3.63) is 28.8 Å². The summed E-state index contributed by atoms with van der Waals surface area (Å²) >= 11 is 0. The van der Waals surface area contributed by atoms with Crippen molar-refractivity contribution in [2.75, 3.05) is 39.0 Å². The molecule has 4 nitrogen and oxygen atoms in total. The number of nitrogens with zero attached hydrogens (tertiary/aromatic N) is 2. The molecule has 1 aromatic carbocycles. The van der Waals surface area contributed by atoms with Gasteiger partial charge in [-0.1, -0.05) is 6.07 Å². The predicted molar refractivity (Wildman–Crippen MR) is 78.3 cm³/mol. The fourth-order valence-electron chi connectivity index (χ4n) is 2.52. The molecule has 1 aliphatic rings. The molecule has 1 amide bonds. The number of nitrogen functional groups attached to an aromatic ring is 1. The fraction of sp³-hybridized carbons (Fsp3) is 0.533. The van der Waals surface area contributed by atoms with Gasteiger partial charge in [0.25, 0.3) is 5.91 Å². The molecule has 1 fully saturated rings. The van der Waals surface area contributed by atoms with Crippen molar-refractivity contribution in [3.8, 4) is 0 Å². The zero-order valence-electron chi connectivity index (χ0n) is 12.1. The van der Waals surface area contributed by atoms with Gasteiger partial charge in [-0.2, -0.15) is 0 Å². The number of hydrogen-bond acceptors (Lipinski definition) is 3. The minimum Gasteiger partial charge on any atom is -0.398 e. The van der Waals surface area contributed by atoms with Gasteiger partial charge < -0.3 is 15.5 Å². The van der Waals surface area contributed by atoms with Gasteiger partial charge in [0.05, 0.1) is 0 Å². The highest BCUT2D eigenvalue weighted by atomic mass is 16.2. The molecule has 2 rings (SSSR count). The summed E-state index contributed by atoms with van der Waals surface area (Å²) < 4.78 is 0. The highest BCUT2D eigenvalue weighted by molar-refractivity contribution is 5.96. The van der Waals surface area contributed by atoms with E-state index in [1.807, 2.05) is 30.9 Å². The number of aryl methyl sites for hydroxylation is 2. The van der Waals surface area contributed by atoms with Crippen molar-refractivity contribution in [1.82, 2.24) is 9.80 Å². The average Bonchev–Trinajstić information content (AvgIpc) is 2.58. The van der Waals surface area contributed by atoms with Gasteiger partial charge in [0, 0.05) is 30.9 Å². The molecule has 2 N–H and O–H groups in total. The molecule has 1 aromatic rings. The van der Waals surface area contributed by atoms with Crippen LogP contribution in [0, 0.1) is 13.8 Å². The van der Waals surface area contributed by atoms with E-state index in [1.165, 1.54) is 0 Å². The van der Waals surface area contributed by atoms with E-state index in [-0.39, 0.29) is 5.91 Å². The first kappa shape index (κ1) is 13.9. The van der Waals surface area contributed by atoms with Crippen molar-refractivity contribution in [1.29, 1.82) is 0 Å². The Morgan fingerprint density at radius 2 is 1.84 bits per heavy atom. The highest BCUT2D eigenvalue weighted by Gasteiger charge is 2.20. The second-order valence-corrected chi connectivity index (χ2v) is 5.47. The molecular formula is C15H23N3O. The zero-order valence-corrected chi connectivity index (χ0v) is 12.1. The number of carbonyl (C=O) groups is 1. The summed E-state index contributed by atoms with van der Waals surface area (Å²) in [5, 5.41) is 0. The Balaban J connectivity index is 2.21. The Morgan fingerprint density at radius 3 is 2.58 bits per heavy atom. The molecule has 0 spiro atoms. The summed E-state index contributed by atoms with van der Waals surface area (Å²) in [6, 6.07) is 3.81. The van der Waals surface area contributed by atoms with Crippen LogP contribution in [0.25, 0.3) is 0 Å². The summed E-state index contributed by atoms with van der Waals surface area (Å²) in [5.74, 6) is 0.111. The third-order valence-electron chi connectivity index (χ3n) is 3.85.